The van der Waals surface area contributed by atoms with Crippen LogP contribution in [0.15, 0.2) is 66.9 Å². The van der Waals surface area contributed by atoms with Crippen LogP contribution in [0.25, 0.3) is 16.9 Å². The Bertz CT molecular complexity index is 818. The number of nitrogens with one attached hydrogen (secondary N) is 1. The summed E-state index contributed by atoms with van der Waals surface area (Å²) in [4.78, 5) is 2.40. The summed E-state index contributed by atoms with van der Waals surface area (Å²) < 4.78 is 1.99. The molecule has 4 heteroatoms. The molecule has 1 aromatic heterocycles. The highest BCUT2D eigenvalue weighted by molar-refractivity contribution is 5.63. The van der Waals surface area contributed by atoms with Gasteiger partial charge in [-0.05, 0) is 45.1 Å². The first-order chi connectivity index (χ1) is 12.8. The van der Waals surface area contributed by atoms with E-state index in [4.69, 9.17) is 5.10 Å². The van der Waals surface area contributed by atoms with Crippen LogP contribution in [0.4, 0.5) is 0 Å². The molecule has 0 spiro atoms. The van der Waals surface area contributed by atoms with E-state index in [9.17, 15) is 0 Å². The molecule has 134 valence electrons. The largest absolute Gasteiger partial charge is 0.310 e. The Morgan fingerprint density at radius 1 is 0.962 bits per heavy atom. The summed E-state index contributed by atoms with van der Waals surface area (Å²) in [6.45, 7) is 3.20. The van der Waals surface area contributed by atoms with Gasteiger partial charge in [0.2, 0.25) is 0 Å². The third-order valence-corrected chi connectivity index (χ3v) is 5.16. The lowest BCUT2D eigenvalue weighted by molar-refractivity contribution is 0.234. The number of benzene rings is 2. The van der Waals surface area contributed by atoms with Gasteiger partial charge in [0.25, 0.3) is 0 Å². The van der Waals surface area contributed by atoms with Gasteiger partial charge in [0.05, 0.1) is 11.4 Å². The van der Waals surface area contributed by atoms with E-state index in [0.717, 1.165) is 17.9 Å². The molecular weight excluding hydrogens is 320 g/mol. The number of nitrogens with zero attached hydrogens (tertiary/aromatic N) is 3. The van der Waals surface area contributed by atoms with Gasteiger partial charge in [-0.2, -0.15) is 5.10 Å². The number of rotatable bonds is 5. The normalized spacial score (nSPS) is 16.0. The van der Waals surface area contributed by atoms with Crippen molar-refractivity contribution in [3.05, 3.63) is 72.4 Å². The van der Waals surface area contributed by atoms with Crippen LogP contribution in [-0.4, -0.2) is 40.9 Å². The van der Waals surface area contributed by atoms with Crippen molar-refractivity contribution in [2.45, 2.75) is 25.4 Å². The smallest absolute Gasteiger partial charge is 0.0972 e. The maximum atomic E-state index is 4.89. The maximum absolute atomic E-state index is 4.89. The van der Waals surface area contributed by atoms with Gasteiger partial charge in [-0.15, -0.1) is 0 Å². The SMILES string of the molecule is CN1CCC(NCc2cn(-c3ccccc3)nc2-c2ccccc2)CC1. The van der Waals surface area contributed by atoms with E-state index in [1.807, 2.05) is 16.8 Å². The predicted molar refractivity (Wildman–Crippen MR) is 106 cm³/mol. The molecule has 4 rings (SSSR count). The van der Waals surface area contributed by atoms with Gasteiger partial charge in [-0.25, -0.2) is 4.68 Å². The molecule has 1 aliphatic rings. The van der Waals surface area contributed by atoms with Crippen LogP contribution in [0.1, 0.15) is 18.4 Å². The highest BCUT2D eigenvalue weighted by Crippen LogP contribution is 2.24. The molecule has 0 saturated carbocycles. The van der Waals surface area contributed by atoms with Crippen molar-refractivity contribution in [3.8, 4) is 16.9 Å². The Kier molecular flexibility index (Phi) is 5.14. The molecule has 1 N–H and O–H groups in total. The van der Waals surface area contributed by atoms with E-state index < -0.39 is 0 Å². The molecule has 0 amide bonds. The van der Waals surface area contributed by atoms with Crippen LogP contribution in [0.3, 0.4) is 0 Å². The third kappa shape index (κ3) is 3.87. The lowest BCUT2D eigenvalue weighted by atomic mass is 10.0. The van der Waals surface area contributed by atoms with E-state index in [0.29, 0.717) is 6.04 Å². The molecule has 1 aliphatic heterocycles. The molecule has 26 heavy (non-hydrogen) atoms. The zero-order chi connectivity index (χ0) is 17.8. The fourth-order valence-electron chi connectivity index (χ4n) is 3.56. The molecule has 2 aromatic carbocycles. The molecule has 0 unspecified atom stereocenters. The quantitative estimate of drug-likeness (QED) is 0.764. The van der Waals surface area contributed by atoms with Gasteiger partial charge in [0, 0.05) is 29.9 Å². The molecule has 0 radical (unpaired) electrons. The predicted octanol–water partition coefficient (Wildman–Crippen LogP) is 3.72. The zero-order valence-corrected chi connectivity index (χ0v) is 15.3. The zero-order valence-electron chi connectivity index (χ0n) is 15.3. The van der Waals surface area contributed by atoms with Crippen molar-refractivity contribution in [3.63, 3.8) is 0 Å². The summed E-state index contributed by atoms with van der Waals surface area (Å²) >= 11 is 0. The minimum Gasteiger partial charge on any atom is -0.310 e. The van der Waals surface area contributed by atoms with Crippen molar-refractivity contribution in [2.75, 3.05) is 20.1 Å². The van der Waals surface area contributed by atoms with E-state index in [2.05, 4.69) is 72.0 Å². The molecule has 0 atom stereocenters. The second-order valence-corrected chi connectivity index (χ2v) is 7.11. The number of hydrogen-bond donors (Lipinski definition) is 1. The van der Waals surface area contributed by atoms with E-state index >= 15 is 0 Å². The first-order valence-corrected chi connectivity index (χ1v) is 9.41. The second-order valence-electron chi connectivity index (χ2n) is 7.11. The first kappa shape index (κ1) is 17.0. The number of likely N-dealkylation sites (tertiary alicyclic amines) is 1. The maximum Gasteiger partial charge on any atom is 0.0972 e. The highest BCUT2D eigenvalue weighted by atomic mass is 15.3. The molecule has 1 fully saturated rings. The van der Waals surface area contributed by atoms with E-state index in [-0.39, 0.29) is 0 Å². The number of hydrogen-bond acceptors (Lipinski definition) is 3. The van der Waals surface area contributed by atoms with Gasteiger partial charge >= 0.3 is 0 Å². The van der Waals surface area contributed by atoms with Crippen LogP contribution in [0.5, 0.6) is 0 Å². The number of piperidine rings is 1. The number of aromatic nitrogens is 2. The summed E-state index contributed by atoms with van der Waals surface area (Å²) in [5, 5.41) is 8.65. The van der Waals surface area contributed by atoms with E-state index in [1.54, 1.807) is 0 Å². The Morgan fingerprint density at radius 2 is 1.62 bits per heavy atom. The summed E-state index contributed by atoms with van der Waals surface area (Å²) in [5.41, 5.74) is 4.58. The summed E-state index contributed by atoms with van der Waals surface area (Å²) in [7, 11) is 2.20. The lowest BCUT2D eigenvalue weighted by Gasteiger charge is -2.29. The van der Waals surface area contributed by atoms with Gasteiger partial charge in [-0.3, -0.25) is 0 Å². The van der Waals surface area contributed by atoms with Crippen molar-refractivity contribution >= 4 is 0 Å². The minimum atomic E-state index is 0.592. The van der Waals surface area contributed by atoms with Crippen LogP contribution >= 0.6 is 0 Å². The van der Waals surface area contributed by atoms with Crippen LogP contribution in [-0.2, 0) is 6.54 Å². The Labute approximate surface area is 155 Å². The molecule has 0 bridgehead atoms. The van der Waals surface area contributed by atoms with Crippen molar-refractivity contribution in [1.29, 1.82) is 0 Å². The second kappa shape index (κ2) is 7.85. The molecular formula is C22H26N4. The molecule has 2 heterocycles. The van der Waals surface area contributed by atoms with Crippen molar-refractivity contribution in [1.82, 2.24) is 20.0 Å². The molecule has 3 aromatic rings. The summed E-state index contributed by atoms with van der Waals surface area (Å²) in [5.74, 6) is 0. The fraction of sp³-hybridized carbons (Fsp3) is 0.318. The highest BCUT2D eigenvalue weighted by Gasteiger charge is 2.18. The average molecular weight is 346 g/mol. The van der Waals surface area contributed by atoms with Gasteiger partial charge in [0.15, 0.2) is 0 Å². The fourth-order valence-corrected chi connectivity index (χ4v) is 3.56. The lowest BCUT2D eigenvalue weighted by Crippen LogP contribution is -2.40. The Balaban J connectivity index is 1.58. The topological polar surface area (TPSA) is 33.1 Å². The molecule has 4 nitrogen and oxygen atoms in total. The standard InChI is InChI=1S/C22H26N4/c1-25-14-12-20(13-15-25)23-16-19-17-26(21-10-6-3-7-11-21)24-22(19)18-8-4-2-5-9-18/h2-11,17,20,23H,12-16H2,1H3. The Hall–Kier alpha value is -2.43. The van der Waals surface area contributed by atoms with Crippen LogP contribution in [0.2, 0.25) is 0 Å². The van der Waals surface area contributed by atoms with Crippen molar-refractivity contribution < 1.29 is 0 Å². The monoisotopic (exact) mass is 346 g/mol. The summed E-state index contributed by atoms with van der Waals surface area (Å²) in [6.07, 6.45) is 4.59. The van der Waals surface area contributed by atoms with Crippen molar-refractivity contribution in [2.24, 2.45) is 0 Å². The summed E-state index contributed by atoms with van der Waals surface area (Å²) in [6, 6.07) is 21.4. The van der Waals surface area contributed by atoms with Crippen LogP contribution in [0, 0.1) is 0 Å². The first-order valence-electron chi connectivity index (χ1n) is 9.41. The number of para-hydroxylation sites is 1. The van der Waals surface area contributed by atoms with E-state index in [1.165, 1.54) is 37.1 Å². The van der Waals surface area contributed by atoms with Gasteiger partial charge in [-0.1, -0.05) is 48.5 Å². The molecule has 1 saturated heterocycles. The van der Waals surface area contributed by atoms with Crippen LogP contribution < -0.4 is 5.32 Å². The van der Waals surface area contributed by atoms with Gasteiger partial charge in [0.1, 0.15) is 0 Å². The Morgan fingerprint density at radius 3 is 2.31 bits per heavy atom. The molecule has 0 aliphatic carbocycles. The minimum absolute atomic E-state index is 0.592. The third-order valence-electron chi connectivity index (χ3n) is 5.16. The average Bonchev–Trinajstić information content (AvgIpc) is 3.13. The van der Waals surface area contributed by atoms with Gasteiger partial charge < -0.3 is 10.2 Å².